The second-order valence-corrected chi connectivity index (χ2v) is 1.92. The molecule has 0 aliphatic carbocycles. The largest absolute Gasteiger partial charge is 0.394 e. The molecular formula is C2H9AsO5. The molecule has 4 N–H and O–H groups in total. The van der Waals surface area contributed by atoms with Crippen LogP contribution in [-0.2, 0) is 3.74 Å². The Labute approximate surface area is 51.4 Å². The molecule has 0 bridgehead atoms. The fourth-order valence-corrected chi connectivity index (χ4v) is 0. The molecule has 0 aliphatic rings. The molecule has 6 heteroatoms. The average molecular weight is 188 g/mol. The Kier molecular flexibility index (Phi) is 14.1. The van der Waals surface area contributed by atoms with E-state index in [9.17, 15) is 0 Å². The van der Waals surface area contributed by atoms with Gasteiger partial charge in [-0.25, -0.2) is 0 Å². The van der Waals surface area contributed by atoms with E-state index in [2.05, 4.69) is 0 Å². The van der Waals surface area contributed by atoms with Gasteiger partial charge in [0.25, 0.3) is 0 Å². The normalized spacial score (nSPS) is 8.12. The molecule has 0 rings (SSSR count). The van der Waals surface area contributed by atoms with Crippen molar-refractivity contribution in [3.63, 3.8) is 0 Å². The molecule has 0 amide bonds. The Morgan fingerprint density at radius 1 is 1.12 bits per heavy atom. The zero-order valence-electron chi connectivity index (χ0n) is 4.11. The summed E-state index contributed by atoms with van der Waals surface area (Å²) in [6.45, 7) is -0.250. The van der Waals surface area contributed by atoms with Gasteiger partial charge in [0.05, 0.1) is 13.2 Å². The van der Waals surface area contributed by atoms with Gasteiger partial charge >= 0.3 is 27.2 Å². The number of rotatable bonds is 1. The third kappa shape index (κ3) is 117. The van der Waals surface area contributed by atoms with Crippen LogP contribution in [0.1, 0.15) is 0 Å². The second-order valence-electron chi connectivity index (χ2n) is 0.730. The van der Waals surface area contributed by atoms with Crippen molar-refractivity contribution in [1.29, 1.82) is 0 Å². The van der Waals surface area contributed by atoms with Crippen LogP contribution in [0.4, 0.5) is 0 Å². The van der Waals surface area contributed by atoms with Crippen LogP contribution in [0.3, 0.4) is 0 Å². The minimum atomic E-state index is -3.58. The summed E-state index contributed by atoms with van der Waals surface area (Å²) in [5.74, 6) is 0. The summed E-state index contributed by atoms with van der Waals surface area (Å²) in [4.78, 5) is 0. The fourth-order valence-electron chi connectivity index (χ4n) is 0. The molecule has 0 aliphatic heterocycles. The van der Waals surface area contributed by atoms with Crippen LogP contribution in [0.25, 0.3) is 0 Å². The molecule has 0 aromatic heterocycles. The van der Waals surface area contributed by atoms with E-state index in [4.69, 9.17) is 22.1 Å². The van der Waals surface area contributed by atoms with Crippen molar-refractivity contribution in [1.82, 2.24) is 0 Å². The van der Waals surface area contributed by atoms with Gasteiger partial charge in [0.15, 0.2) is 0 Å². The van der Waals surface area contributed by atoms with E-state index in [1.807, 2.05) is 0 Å². The molecular weight excluding hydrogens is 179 g/mol. The summed E-state index contributed by atoms with van der Waals surface area (Å²) in [5.41, 5.74) is 0. The zero-order valence-corrected chi connectivity index (χ0v) is 6.21. The minimum Gasteiger partial charge on any atom is -0.394 e. The van der Waals surface area contributed by atoms with Crippen molar-refractivity contribution < 1.29 is 22.1 Å². The number of aliphatic hydroxyl groups excluding tert-OH is 2. The van der Waals surface area contributed by atoms with E-state index < -0.39 is 15.3 Å². The molecule has 0 fully saturated rings. The Hall–Kier alpha value is 0.198. The third-order valence-electron chi connectivity index (χ3n) is 0.1000. The van der Waals surface area contributed by atoms with Gasteiger partial charge in [-0.1, -0.05) is 0 Å². The van der Waals surface area contributed by atoms with Crippen LogP contribution in [0.2, 0.25) is 0 Å². The van der Waals surface area contributed by atoms with Crippen LogP contribution < -0.4 is 0 Å². The van der Waals surface area contributed by atoms with Crippen molar-refractivity contribution >= 4 is 15.3 Å². The number of aliphatic hydroxyl groups is 2. The molecule has 52 valence electrons. The molecule has 0 radical (unpaired) electrons. The molecule has 0 saturated carbocycles. The van der Waals surface area contributed by atoms with Gasteiger partial charge in [-0.3, -0.25) is 0 Å². The maximum atomic E-state index is 8.81. The first kappa shape index (κ1) is 11.1. The van der Waals surface area contributed by atoms with Gasteiger partial charge in [0.2, 0.25) is 0 Å². The molecule has 0 heterocycles. The van der Waals surface area contributed by atoms with Crippen molar-refractivity contribution in [3.05, 3.63) is 0 Å². The SMILES string of the molecule is O=[AsH](O)O.OCCO. The predicted octanol–water partition coefficient (Wildman–Crippen LogP) is -2.91. The van der Waals surface area contributed by atoms with Gasteiger partial charge in [-0.05, 0) is 0 Å². The van der Waals surface area contributed by atoms with Gasteiger partial charge in [-0.2, -0.15) is 0 Å². The fraction of sp³-hybridized carbons (Fsp3) is 1.00. The Balaban J connectivity index is 0. The van der Waals surface area contributed by atoms with E-state index in [1.165, 1.54) is 0 Å². The van der Waals surface area contributed by atoms with Crippen molar-refractivity contribution in [3.8, 4) is 0 Å². The van der Waals surface area contributed by atoms with Crippen LogP contribution in [0.5, 0.6) is 0 Å². The smallest absolute Gasteiger partial charge is 0.0662 e. The molecule has 5 nitrogen and oxygen atoms in total. The van der Waals surface area contributed by atoms with E-state index in [0.29, 0.717) is 0 Å². The summed E-state index contributed by atoms with van der Waals surface area (Å²) in [5, 5.41) is 15.2. The van der Waals surface area contributed by atoms with Crippen molar-refractivity contribution in [2.45, 2.75) is 0 Å². The second kappa shape index (κ2) is 10.2. The first-order valence-corrected chi connectivity index (χ1v) is 4.52. The minimum absolute atomic E-state index is 0.125. The molecule has 0 unspecified atom stereocenters. The zero-order chi connectivity index (χ0) is 6.99. The van der Waals surface area contributed by atoms with Crippen LogP contribution in [-0.4, -0.2) is 46.9 Å². The summed E-state index contributed by atoms with van der Waals surface area (Å²) >= 11 is -3.58. The summed E-state index contributed by atoms with van der Waals surface area (Å²) in [7, 11) is 0. The predicted molar refractivity (Wildman–Crippen MR) is 26.4 cm³/mol. The quantitative estimate of drug-likeness (QED) is 0.330. The molecule has 0 aromatic rings. The van der Waals surface area contributed by atoms with Gasteiger partial charge in [0.1, 0.15) is 0 Å². The van der Waals surface area contributed by atoms with Crippen LogP contribution >= 0.6 is 0 Å². The summed E-state index contributed by atoms with van der Waals surface area (Å²) in [6, 6.07) is 0. The van der Waals surface area contributed by atoms with E-state index >= 15 is 0 Å². The van der Waals surface area contributed by atoms with E-state index in [1.54, 1.807) is 0 Å². The van der Waals surface area contributed by atoms with Crippen LogP contribution in [0.15, 0.2) is 0 Å². The Morgan fingerprint density at radius 3 is 1.25 bits per heavy atom. The molecule has 0 spiro atoms. The Morgan fingerprint density at radius 2 is 1.25 bits per heavy atom. The van der Waals surface area contributed by atoms with Crippen molar-refractivity contribution in [2.75, 3.05) is 13.2 Å². The number of hydrogen-bond donors (Lipinski definition) is 4. The molecule has 8 heavy (non-hydrogen) atoms. The summed E-state index contributed by atoms with van der Waals surface area (Å²) in [6.07, 6.45) is 0. The number of hydrogen-bond acceptors (Lipinski definition) is 3. The van der Waals surface area contributed by atoms with Crippen LogP contribution in [0, 0.1) is 0 Å². The molecule has 0 saturated heterocycles. The van der Waals surface area contributed by atoms with Gasteiger partial charge < -0.3 is 10.2 Å². The topological polar surface area (TPSA) is 98.0 Å². The monoisotopic (exact) mass is 188 g/mol. The van der Waals surface area contributed by atoms with E-state index in [-0.39, 0.29) is 13.2 Å². The first-order chi connectivity index (χ1) is 3.65. The molecule has 0 atom stereocenters. The maximum Gasteiger partial charge on any atom is 0.0662 e. The maximum absolute atomic E-state index is 8.81. The standard InChI is InChI=1S/C2H6O2.AsH3O3/c3-1-2-4;2-1(3)4/h3-4H,1-2H2;1H,(H2,2,3,4). The third-order valence-corrected chi connectivity index (χ3v) is 0.1000. The molecule has 0 aromatic carbocycles. The first-order valence-electron chi connectivity index (χ1n) is 1.78. The Bertz CT molecular complexity index is 48.4. The average Bonchev–Trinajstić information content (AvgIpc) is 1.65. The van der Waals surface area contributed by atoms with Gasteiger partial charge in [0, 0.05) is 0 Å². The summed E-state index contributed by atoms with van der Waals surface area (Å²) < 4.78 is 23.2. The van der Waals surface area contributed by atoms with Crippen molar-refractivity contribution in [2.24, 2.45) is 0 Å². The van der Waals surface area contributed by atoms with Gasteiger partial charge in [-0.15, -0.1) is 0 Å². The van der Waals surface area contributed by atoms with E-state index in [0.717, 1.165) is 0 Å².